The topological polar surface area (TPSA) is 74.0 Å². The molecule has 0 spiro atoms. The third-order valence-electron chi connectivity index (χ3n) is 4.05. The molecule has 0 atom stereocenters. The van der Waals surface area contributed by atoms with Gasteiger partial charge in [-0.25, -0.2) is 0 Å². The number of aromatic nitrogens is 1. The maximum Gasteiger partial charge on any atom is 0.239 e. The predicted octanol–water partition coefficient (Wildman–Crippen LogP) is 2.19. The van der Waals surface area contributed by atoms with Gasteiger partial charge >= 0.3 is 0 Å². The summed E-state index contributed by atoms with van der Waals surface area (Å²) in [6, 6.07) is 17.5. The highest BCUT2D eigenvalue weighted by molar-refractivity contribution is 5.86. The van der Waals surface area contributed by atoms with Crippen LogP contribution in [0.25, 0.3) is 10.9 Å². The van der Waals surface area contributed by atoms with Crippen molar-refractivity contribution in [3.8, 4) is 0 Å². The maximum atomic E-state index is 11.9. The molecule has 2 amide bonds. The van der Waals surface area contributed by atoms with E-state index in [4.69, 9.17) is 0 Å². The molecule has 0 aliphatic carbocycles. The predicted molar refractivity (Wildman–Crippen MR) is 98.2 cm³/mol. The van der Waals surface area contributed by atoms with Crippen molar-refractivity contribution >= 4 is 22.7 Å². The summed E-state index contributed by atoms with van der Waals surface area (Å²) < 4.78 is 0. The molecule has 3 rings (SSSR count). The zero-order valence-corrected chi connectivity index (χ0v) is 13.9. The summed E-state index contributed by atoms with van der Waals surface area (Å²) in [5.41, 5.74) is 3.20. The second-order valence-corrected chi connectivity index (χ2v) is 5.90. The van der Waals surface area contributed by atoms with Crippen LogP contribution in [0.1, 0.15) is 11.1 Å². The Bertz CT molecular complexity index is 856. The Morgan fingerprint density at radius 1 is 0.880 bits per heavy atom. The first kappa shape index (κ1) is 16.8. The van der Waals surface area contributed by atoms with Crippen LogP contribution in [-0.4, -0.2) is 29.9 Å². The molecule has 128 valence electrons. The number of carbonyl (C=O) groups is 2. The van der Waals surface area contributed by atoms with Gasteiger partial charge in [0.25, 0.3) is 0 Å². The highest BCUT2D eigenvalue weighted by Gasteiger charge is 2.07. The monoisotopic (exact) mass is 335 g/mol. The number of H-pyrrole nitrogens is 1. The molecule has 0 unspecified atom stereocenters. The van der Waals surface area contributed by atoms with Crippen molar-refractivity contribution in [1.29, 1.82) is 0 Å². The molecule has 0 aliphatic rings. The summed E-state index contributed by atoms with van der Waals surface area (Å²) in [5, 5.41) is 6.66. The van der Waals surface area contributed by atoms with E-state index in [2.05, 4.69) is 21.7 Å². The molecular weight excluding hydrogens is 314 g/mol. The van der Waals surface area contributed by atoms with Gasteiger partial charge in [0.2, 0.25) is 11.8 Å². The van der Waals surface area contributed by atoms with Crippen LogP contribution in [0.2, 0.25) is 0 Å². The van der Waals surface area contributed by atoms with E-state index in [0.717, 1.165) is 17.5 Å². The minimum atomic E-state index is -0.179. The van der Waals surface area contributed by atoms with Crippen molar-refractivity contribution in [2.75, 3.05) is 13.1 Å². The van der Waals surface area contributed by atoms with Gasteiger partial charge in [0.15, 0.2) is 0 Å². The van der Waals surface area contributed by atoms with E-state index >= 15 is 0 Å². The van der Waals surface area contributed by atoms with Gasteiger partial charge < -0.3 is 15.6 Å². The Morgan fingerprint density at radius 3 is 2.48 bits per heavy atom. The fourth-order valence-corrected chi connectivity index (χ4v) is 2.76. The average Bonchev–Trinajstić information content (AvgIpc) is 3.04. The van der Waals surface area contributed by atoms with Crippen molar-refractivity contribution < 1.29 is 9.59 Å². The average molecular weight is 335 g/mol. The molecule has 1 heterocycles. The van der Waals surface area contributed by atoms with E-state index in [-0.39, 0.29) is 24.8 Å². The van der Waals surface area contributed by atoms with E-state index < -0.39 is 0 Å². The Morgan fingerprint density at radius 2 is 1.64 bits per heavy atom. The molecule has 0 saturated heterocycles. The number of rotatable bonds is 7. The first-order valence-corrected chi connectivity index (χ1v) is 8.34. The van der Waals surface area contributed by atoms with Crippen LogP contribution < -0.4 is 10.6 Å². The second-order valence-electron chi connectivity index (χ2n) is 5.90. The summed E-state index contributed by atoms with van der Waals surface area (Å²) in [5.74, 6) is -0.334. The Balaban J connectivity index is 1.39. The lowest BCUT2D eigenvalue weighted by Crippen LogP contribution is -2.38. The molecule has 3 aromatic rings. The third kappa shape index (κ3) is 4.70. The first-order valence-electron chi connectivity index (χ1n) is 8.34. The summed E-state index contributed by atoms with van der Waals surface area (Å²) in [7, 11) is 0. The van der Waals surface area contributed by atoms with Crippen LogP contribution in [0.3, 0.4) is 0 Å². The van der Waals surface area contributed by atoms with E-state index in [1.807, 2.05) is 54.7 Å². The van der Waals surface area contributed by atoms with Crippen LogP contribution in [-0.2, 0) is 22.4 Å². The Kier molecular flexibility index (Phi) is 5.46. The first-order chi connectivity index (χ1) is 12.2. The number of fused-ring (bicyclic) bond motifs is 1. The maximum absolute atomic E-state index is 11.9. The fourth-order valence-electron chi connectivity index (χ4n) is 2.76. The third-order valence-corrected chi connectivity index (χ3v) is 4.05. The van der Waals surface area contributed by atoms with Crippen LogP contribution in [0, 0.1) is 0 Å². The molecule has 2 aromatic carbocycles. The van der Waals surface area contributed by atoms with Gasteiger partial charge in [0.05, 0.1) is 13.0 Å². The highest BCUT2D eigenvalue weighted by atomic mass is 16.2. The molecule has 0 fully saturated rings. The molecule has 25 heavy (non-hydrogen) atoms. The standard InChI is InChI=1S/C20H21N3O2/c24-19(12-15-6-2-1-3-7-15)23-14-20(25)21-11-10-16-13-22-18-9-5-4-8-17(16)18/h1-9,13,22H,10-12,14H2,(H,21,25)(H,23,24). The number of aromatic amines is 1. The summed E-state index contributed by atoms with van der Waals surface area (Å²) in [6.45, 7) is 0.536. The van der Waals surface area contributed by atoms with Gasteiger partial charge in [-0.15, -0.1) is 0 Å². The van der Waals surface area contributed by atoms with E-state index in [1.54, 1.807) is 0 Å². The number of carbonyl (C=O) groups excluding carboxylic acids is 2. The largest absolute Gasteiger partial charge is 0.361 e. The zero-order valence-electron chi connectivity index (χ0n) is 13.9. The summed E-state index contributed by atoms with van der Waals surface area (Å²) in [4.78, 5) is 26.9. The summed E-state index contributed by atoms with van der Waals surface area (Å²) in [6.07, 6.45) is 3.00. The van der Waals surface area contributed by atoms with Crippen molar-refractivity contribution in [3.63, 3.8) is 0 Å². The van der Waals surface area contributed by atoms with E-state index in [0.29, 0.717) is 6.54 Å². The lowest BCUT2D eigenvalue weighted by molar-refractivity contribution is -0.125. The molecule has 0 saturated carbocycles. The number of para-hydroxylation sites is 1. The molecule has 0 aliphatic heterocycles. The molecule has 5 nitrogen and oxygen atoms in total. The van der Waals surface area contributed by atoms with Gasteiger partial charge in [-0.3, -0.25) is 9.59 Å². The number of benzene rings is 2. The van der Waals surface area contributed by atoms with Gasteiger partial charge in [-0.1, -0.05) is 48.5 Å². The molecular formula is C20H21N3O2. The molecule has 0 bridgehead atoms. The smallest absolute Gasteiger partial charge is 0.239 e. The molecule has 1 aromatic heterocycles. The van der Waals surface area contributed by atoms with Crippen LogP contribution in [0.15, 0.2) is 60.8 Å². The van der Waals surface area contributed by atoms with Crippen molar-refractivity contribution in [1.82, 2.24) is 15.6 Å². The second kappa shape index (κ2) is 8.15. The molecule has 0 radical (unpaired) electrons. The SMILES string of the molecule is O=C(CNC(=O)Cc1ccccc1)NCCc1c[nH]c2ccccc12. The van der Waals surface area contributed by atoms with Gasteiger partial charge in [-0.05, 0) is 23.6 Å². The van der Waals surface area contributed by atoms with Gasteiger partial charge in [0, 0.05) is 23.6 Å². The van der Waals surface area contributed by atoms with E-state index in [9.17, 15) is 9.59 Å². The Hall–Kier alpha value is -3.08. The minimum absolute atomic E-state index is 0.000445. The van der Waals surface area contributed by atoms with Crippen molar-refractivity contribution in [3.05, 3.63) is 71.9 Å². The van der Waals surface area contributed by atoms with Gasteiger partial charge in [-0.2, -0.15) is 0 Å². The van der Waals surface area contributed by atoms with Crippen LogP contribution in [0.5, 0.6) is 0 Å². The molecule has 3 N–H and O–H groups in total. The lowest BCUT2D eigenvalue weighted by atomic mass is 10.1. The normalized spacial score (nSPS) is 10.6. The number of amides is 2. The zero-order chi connectivity index (χ0) is 17.5. The van der Waals surface area contributed by atoms with Gasteiger partial charge in [0.1, 0.15) is 0 Å². The fraction of sp³-hybridized carbons (Fsp3) is 0.200. The van der Waals surface area contributed by atoms with Crippen molar-refractivity contribution in [2.24, 2.45) is 0 Å². The van der Waals surface area contributed by atoms with Crippen LogP contribution >= 0.6 is 0 Å². The number of nitrogens with one attached hydrogen (secondary N) is 3. The molecule has 5 heteroatoms. The lowest BCUT2D eigenvalue weighted by Gasteiger charge is -2.07. The van der Waals surface area contributed by atoms with E-state index in [1.165, 1.54) is 10.9 Å². The number of hydrogen-bond acceptors (Lipinski definition) is 2. The number of hydrogen-bond donors (Lipinski definition) is 3. The van der Waals surface area contributed by atoms with Crippen molar-refractivity contribution in [2.45, 2.75) is 12.8 Å². The minimum Gasteiger partial charge on any atom is -0.361 e. The summed E-state index contributed by atoms with van der Waals surface area (Å²) >= 11 is 0. The Labute approximate surface area is 146 Å². The highest BCUT2D eigenvalue weighted by Crippen LogP contribution is 2.17. The van der Waals surface area contributed by atoms with Crippen LogP contribution in [0.4, 0.5) is 0 Å². The quantitative estimate of drug-likeness (QED) is 0.619.